The van der Waals surface area contributed by atoms with Crippen LogP contribution in [0.25, 0.3) is 0 Å². The number of carbonyl (C=O) groups excluding carboxylic acids is 1. The highest BCUT2D eigenvalue weighted by atomic mass is 32.2. The number of Topliss-reactive ketones (excluding diaryl/α,β-unsaturated/α-hetero) is 1. The zero-order valence-electron chi connectivity index (χ0n) is 6.85. The van der Waals surface area contributed by atoms with Gasteiger partial charge in [0.2, 0.25) is 0 Å². The van der Waals surface area contributed by atoms with Crippen molar-refractivity contribution in [3.05, 3.63) is 29.8 Å². The summed E-state index contributed by atoms with van der Waals surface area (Å²) < 4.78 is 31.6. The summed E-state index contributed by atoms with van der Waals surface area (Å²) in [5, 5.41) is 0. The van der Waals surface area contributed by atoms with Gasteiger partial charge in [-0.05, 0) is 19.1 Å². The molecule has 0 aliphatic heterocycles. The molecule has 13 heavy (non-hydrogen) atoms. The number of benzene rings is 1. The Morgan fingerprint density at radius 3 is 2.46 bits per heavy atom. The maximum Gasteiger partial charge on any atom is 0.159 e. The summed E-state index contributed by atoms with van der Waals surface area (Å²) in [6, 6.07) is 5.05. The van der Waals surface area contributed by atoms with Crippen molar-refractivity contribution in [2.24, 2.45) is 0 Å². The van der Waals surface area contributed by atoms with Crippen LogP contribution in [0.3, 0.4) is 0 Å². The number of rotatable bonds is 2. The van der Waals surface area contributed by atoms with Crippen LogP contribution in [-0.2, 0) is 10.1 Å². The van der Waals surface area contributed by atoms with Gasteiger partial charge < -0.3 is 4.55 Å². The average Bonchev–Trinajstić information content (AvgIpc) is 2.03. The first-order valence-corrected chi connectivity index (χ1v) is 4.89. The lowest BCUT2D eigenvalue weighted by Gasteiger charge is -2.06. The van der Waals surface area contributed by atoms with Crippen LogP contribution in [0.2, 0.25) is 0 Å². The molecule has 0 aliphatic rings. The predicted molar refractivity (Wildman–Crippen MR) is 44.4 cm³/mol. The predicted octanol–water partition coefficient (Wildman–Crippen LogP) is 0.793. The lowest BCUT2D eigenvalue weighted by molar-refractivity contribution is 0.101. The molecule has 0 spiro atoms. The Bertz CT molecular complexity index is 433. The molecule has 0 fully saturated rings. The Hall–Kier alpha value is -1.20. The Kier molecular flexibility index (Phi) is 2.49. The fourth-order valence-corrected chi connectivity index (χ4v) is 1.39. The minimum absolute atomic E-state index is 0.219. The van der Waals surface area contributed by atoms with E-state index in [2.05, 4.69) is 0 Å². The lowest BCUT2D eigenvalue weighted by Crippen LogP contribution is -2.00. The molecule has 0 aliphatic carbocycles. The van der Waals surface area contributed by atoms with Crippen molar-refractivity contribution >= 4 is 15.9 Å². The normalized spacial score (nSPS) is 11.2. The van der Waals surface area contributed by atoms with E-state index in [1.54, 1.807) is 0 Å². The van der Waals surface area contributed by atoms with E-state index in [0.29, 0.717) is 0 Å². The molecule has 0 unspecified atom stereocenters. The second-order valence-corrected chi connectivity index (χ2v) is 3.92. The van der Waals surface area contributed by atoms with Gasteiger partial charge in [-0.25, -0.2) is 8.42 Å². The third kappa shape index (κ3) is 2.37. The fraction of sp³-hybridized carbons (Fsp3) is 0.125. The highest BCUT2D eigenvalue weighted by Gasteiger charge is 2.04. The van der Waals surface area contributed by atoms with E-state index in [9.17, 15) is 17.8 Å². The summed E-state index contributed by atoms with van der Waals surface area (Å²) in [5.41, 5.74) is 0.219. The van der Waals surface area contributed by atoms with E-state index < -0.39 is 10.1 Å². The highest BCUT2D eigenvalue weighted by Crippen LogP contribution is 2.10. The van der Waals surface area contributed by atoms with E-state index >= 15 is 0 Å². The molecule has 0 amide bonds. The molecule has 4 nitrogen and oxygen atoms in total. The molecule has 1 rings (SSSR count). The maximum atomic E-state index is 10.8. The molecule has 70 valence electrons. The molecule has 0 bridgehead atoms. The van der Waals surface area contributed by atoms with E-state index in [1.807, 2.05) is 0 Å². The third-order valence-corrected chi connectivity index (χ3v) is 2.36. The largest absolute Gasteiger partial charge is 0.744 e. The molecule has 0 N–H and O–H groups in total. The van der Waals surface area contributed by atoms with Crippen LogP contribution < -0.4 is 0 Å². The number of carbonyl (C=O) groups is 1. The summed E-state index contributed by atoms with van der Waals surface area (Å²) in [6.45, 7) is 1.30. The number of hydrogen-bond acceptors (Lipinski definition) is 4. The quantitative estimate of drug-likeness (QED) is 0.521. The molecule has 0 saturated carbocycles. The topological polar surface area (TPSA) is 74.3 Å². The Labute approximate surface area is 76.0 Å². The van der Waals surface area contributed by atoms with Gasteiger partial charge in [0, 0.05) is 5.56 Å². The summed E-state index contributed by atoms with van der Waals surface area (Å²) >= 11 is 0. The lowest BCUT2D eigenvalue weighted by atomic mass is 10.2. The van der Waals surface area contributed by atoms with Crippen molar-refractivity contribution < 1.29 is 17.8 Å². The van der Waals surface area contributed by atoms with Crippen molar-refractivity contribution in [1.82, 2.24) is 0 Å². The zero-order chi connectivity index (χ0) is 10.1. The highest BCUT2D eigenvalue weighted by molar-refractivity contribution is 7.85. The summed E-state index contributed by atoms with van der Waals surface area (Å²) in [7, 11) is -4.46. The summed E-state index contributed by atoms with van der Waals surface area (Å²) in [6.07, 6.45) is 0. The maximum absolute atomic E-state index is 10.8. The molecular weight excluding hydrogens is 192 g/mol. The standard InChI is InChI=1S/C8H8O4S/c1-6(9)7-3-2-4-8(5-7)13(10,11)12/h2-5H,1H3,(H,10,11,12)/p-1. The van der Waals surface area contributed by atoms with E-state index in [4.69, 9.17) is 0 Å². The van der Waals surface area contributed by atoms with Gasteiger partial charge in [-0.3, -0.25) is 4.79 Å². The van der Waals surface area contributed by atoms with Crippen molar-refractivity contribution in [3.63, 3.8) is 0 Å². The van der Waals surface area contributed by atoms with Crippen LogP contribution in [0.1, 0.15) is 17.3 Å². The second kappa shape index (κ2) is 3.27. The average molecular weight is 199 g/mol. The zero-order valence-corrected chi connectivity index (χ0v) is 7.67. The first-order chi connectivity index (χ1) is 5.91. The van der Waals surface area contributed by atoms with Crippen LogP contribution in [0.4, 0.5) is 0 Å². The summed E-state index contributed by atoms with van der Waals surface area (Å²) in [5.74, 6) is -0.273. The van der Waals surface area contributed by atoms with Crippen LogP contribution >= 0.6 is 0 Å². The van der Waals surface area contributed by atoms with Crippen LogP contribution in [-0.4, -0.2) is 18.8 Å². The van der Waals surface area contributed by atoms with Gasteiger partial charge in [0.25, 0.3) is 0 Å². The Balaban J connectivity index is 3.29. The van der Waals surface area contributed by atoms with Gasteiger partial charge in [-0.2, -0.15) is 0 Å². The molecule has 0 heterocycles. The van der Waals surface area contributed by atoms with E-state index in [-0.39, 0.29) is 16.2 Å². The van der Waals surface area contributed by atoms with Crippen molar-refractivity contribution in [2.45, 2.75) is 11.8 Å². The molecule has 1 aromatic rings. The molecule has 0 saturated heterocycles. The third-order valence-electron chi connectivity index (χ3n) is 1.53. The number of hydrogen-bond donors (Lipinski definition) is 0. The van der Waals surface area contributed by atoms with Crippen molar-refractivity contribution in [3.8, 4) is 0 Å². The van der Waals surface area contributed by atoms with E-state index in [1.165, 1.54) is 19.1 Å². The van der Waals surface area contributed by atoms with Gasteiger partial charge >= 0.3 is 0 Å². The van der Waals surface area contributed by atoms with Gasteiger partial charge in [0.1, 0.15) is 10.1 Å². The van der Waals surface area contributed by atoms with Gasteiger partial charge in [0.15, 0.2) is 5.78 Å². The minimum atomic E-state index is -4.46. The smallest absolute Gasteiger partial charge is 0.159 e. The molecule has 0 radical (unpaired) electrons. The second-order valence-electron chi connectivity index (χ2n) is 2.54. The van der Waals surface area contributed by atoms with Crippen LogP contribution in [0.5, 0.6) is 0 Å². The molecule has 1 aromatic carbocycles. The SMILES string of the molecule is CC(=O)c1cccc(S(=O)(=O)[O-])c1. The summed E-state index contributed by atoms with van der Waals surface area (Å²) in [4.78, 5) is 10.5. The minimum Gasteiger partial charge on any atom is -0.744 e. The van der Waals surface area contributed by atoms with E-state index in [0.717, 1.165) is 12.1 Å². The fourth-order valence-electron chi connectivity index (χ4n) is 0.871. The molecule has 0 atom stereocenters. The van der Waals surface area contributed by atoms with Gasteiger partial charge in [-0.15, -0.1) is 0 Å². The monoisotopic (exact) mass is 199 g/mol. The molecular formula is C8H7O4S-. The molecule has 0 aromatic heterocycles. The van der Waals surface area contributed by atoms with Gasteiger partial charge in [0.05, 0.1) is 4.90 Å². The Morgan fingerprint density at radius 1 is 1.38 bits per heavy atom. The molecule has 5 heteroatoms. The van der Waals surface area contributed by atoms with Crippen molar-refractivity contribution in [1.29, 1.82) is 0 Å². The van der Waals surface area contributed by atoms with Gasteiger partial charge in [-0.1, -0.05) is 12.1 Å². The van der Waals surface area contributed by atoms with Crippen LogP contribution in [0.15, 0.2) is 29.2 Å². The van der Waals surface area contributed by atoms with Crippen molar-refractivity contribution in [2.75, 3.05) is 0 Å². The first kappa shape index (κ1) is 9.88. The van der Waals surface area contributed by atoms with Crippen LogP contribution in [0, 0.1) is 0 Å². The Morgan fingerprint density at radius 2 is 2.00 bits per heavy atom. The first-order valence-electron chi connectivity index (χ1n) is 3.48. The number of ketones is 1.